The highest BCUT2D eigenvalue weighted by Gasteiger charge is 2.19. The molecule has 0 radical (unpaired) electrons. The quantitative estimate of drug-likeness (QED) is 0.340. The van der Waals surface area contributed by atoms with E-state index in [0.29, 0.717) is 31.6 Å². The Labute approximate surface area is 205 Å². The van der Waals surface area contributed by atoms with E-state index in [2.05, 4.69) is 16.4 Å². The number of rotatable bonds is 10. The molecule has 0 unspecified atom stereocenters. The summed E-state index contributed by atoms with van der Waals surface area (Å²) in [6, 6.07) is 19.0. The van der Waals surface area contributed by atoms with Crippen LogP contribution in [0.2, 0.25) is 0 Å². The first-order chi connectivity index (χ1) is 16.8. The van der Waals surface area contributed by atoms with E-state index in [4.69, 9.17) is 4.74 Å². The van der Waals surface area contributed by atoms with Gasteiger partial charge in [-0.1, -0.05) is 30.3 Å². The van der Waals surface area contributed by atoms with Crippen molar-refractivity contribution in [2.45, 2.75) is 31.2 Å². The first kappa shape index (κ1) is 24.7. The molecule has 4 aromatic rings. The highest BCUT2D eigenvalue weighted by atomic mass is 32.2. The Bertz CT molecular complexity index is 1460. The summed E-state index contributed by atoms with van der Waals surface area (Å²) < 4.78 is 33.9. The van der Waals surface area contributed by atoms with Gasteiger partial charge in [-0.2, -0.15) is 0 Å². The molecule has 3 aromatic carbocycles. The van der Waals surface area contributed by atoms with E-state index < -0.39 is 10.0 Å². The molecule has 1 aromatic heterocycles. The van der Waals surface area contributed by atoms with Crippen LogP contribution in [0.1, 0.15) is 19.2 Å². The smallest absolute Gasteiger partial charge is 0.242 e. The van der Waals surface area contributed by atoms with Gasteiger partial charge in [-0.05, 0) is 48.0 Å². The van der Waals surface area contributed by atoms with Crippen molar-refractivity contribution in [3.05, 3.63) is 66.5 Å². The molecule has 9 heteroatoms. The third-order valence-corrected chi connectivity index (χ3v) is 7.69. The molecule has 0 aliphatic heterocycles. The zero-order valence-electron chi connectivity index (χ0n) is 20.2. The molecule has 0 saturated heterocycles. The molecule has 0 aliphatic rings. The Morgan fingerprint density at radius 1 is 1.06 bits per heavy atom. The van der Waals surface area contributed by atoms with Crippen molar-refractivity contribution in [3.8, 4) is 5.75 Å². The number of carbonyl (C=O) groups excluding carboxylic acids is 1. The Balaban J connectivity index is 1.32. The molecule has 0 atom stereocenters. The Morgan fingerprint density at radius 2 is 1.83 bits per heavy atom. The first-order valence-corrected chi connectivity index (χ1v) is 13.0. The van der Waals surface area contributed by atoms with Crippen molar-refractivity contribution in [3.63, 3.8) is 0 Å². The van der Waals surface area contributed by atoms with Crippen LogP contribution in [0.15, 0.2) is 65.6 Å². The molecule has 1 N–H and O–H groups in total. The standard InChI is InChI=1S/C26H30N4O4S/c1-4-30-24-12-11-22(35(32,33)29(2)3)18-23(24)28-25(30)13-14-26(31)27-15-16-34-21-10-9-19-7-5-6-8-20(19)17-21/h5-12,17-18H,4,13-16H2,1-3H3,(H,27,31). The van der Waals surface area contributed by atoms with Crippen LogP contribution in [0, 0.1) is 0 Å². The van der Waals surface area contributed by atoms with Gasteiger partial charge in [0.1, 0.15) is 18.2 Å². The Morgan fingerprint density at radius 3 is 2.57 bits per heavy atom. The average molecular weight is 495 g/mol. The summed E-state index contributed by atoms with van der Waals surface area (Å²) in [5.74, 6) is 1.44. The van der Waals surface area contributed by atoms with Crippen LogP contribution in [0.25, 0.3) is 21.8 Å². The topological polar surface area (TPSA) is 93.5 Å². The maximum absolute atomic E-state index is 12.5. The molecular weight excluding hydrogens is 464 g/mol. The zero-order chi connectivity index (χ0) is 25.0. The number of aryl methyl sites for hydroxylation is 2. The lowest BCUT2D eigenvalue weighted by molar-refractivity contribution is -0.121. The molecule has 0 fully saturated rings. The fraction of sp³-hybridized carbons (Fsp3) is 0.308. The number of fused-ring (bicyclic) bond motifs is 2. The Kier molecular flexibility index (Phi) is 7.37. The van der Waals surface area contributed by atoms with Gasteiger partial charge in [0, 0.05) is 33.5 Å². The van der Waals surface area contributed by atoms with Crippen LogP contribution < -0.4 is 10.1 Å². The molecule has 0 bridgehead atoms. The van der Waals surface area contributed by atoms with Crippen LogP contribution in [-0.2, 0) is 27.8 Å². The highest BCUT2D eigenvalue weighted by Crippen LogP contribution is 2.23. The van der Waals surface area contributed by atoms with Gasteiger partial charge in [0.25, 0.3) is 0 Å². The summed E-state index contributed by atoms with van der Waals surface area (Å²) in [6.45, 7) is 3.45. The van der Waals surface area contributed by atoms with Crippen molar-refractivity contribution in [1.29, 1.82) is 0 Å². The van der Waals surface area contributed by atoms with E-state index in [1.807, 2.05) is 47.9 Å². The molecule has 35 heavy (non-hydrogen) atoms. The predicted octanol–water partition coefficient (Wildman–Crippen LogP) is 3.59. The maximum atomic E-state index is 12.5. The second-order valence-electron chi connectivity index (χ2n) is 8.42. The van der Waals surface area contributed by atoms with E-state index in [-0.39, 0.29) is 17.2 Å². The average Bonchev–Trinajstić information content (AvgIpc) is 3.21. The van der Waals surface area contributed by atoms with Crippen molar-refractivity contribution >= 4 is 37.7 Å². The molecule has 184 valence electrons. The van der Waals surface area contributed by atoms with Crippen LogP contribution in [0.4, 0.5) is 0 Å². The van der Waals surface area contributed by atoms with Gasteiger partial charge >= 0.3 is 0 Å². The third kappa shape index (κ3) is 5.47. The molecule has 0 spiro atoms. The number of nitrogens with one attached hydrogen (secondary N) is 1. The van der Waals surface area contributed by atoms with Gasteiger partial charge in [0.05, 0.1) is 22.5 Å². The summed E-state index contributed by atoms with van der Waals surface area (Å²) in [5.41, 5.74) is 1.46. The van der Waals surface area contributed by atoms with E-state index in [9.17, 15) is 13.2 Å². The van der Waals surface area contributed by atoms with Crippen LogP contribution in [-0.4, -0.2) is 55.4 Å². The number of benzene rings is 3. The van der Waals surface area contributed by atoms with E-state index in [1.165, 1.54) is 18.4 Å². The lowest BCUT2D eigenvalue weighted by Gasteiger charge is -2.11. The third-order valence-electron chi connectivity index (χ3n) is 5.88. The van der Waals surface area contributed by atoms with E-state index >= 15 is 0 Å². The number of amides is 1. The van der Waals surface area contributed by atoms with Crippen molar-refractivity contribution in [2.24, 2.45) is 0 Å². The molecule has 0 aliphatic carbocycles. The number of hydrogen-bond donors (Lipinski definition) is 1. The zero-order valence-corrected chi connectivity index (χ0v) is 21.0. The fourth-order valence-electron chi connectivity index (χ4n) is 4.00. The van der Waals surface area contributed by atoms with Crippen LogP contribution in [0.3, 0.4) is 0 Å². The van der Waals surface area contributed by atoms with Crippen molar-refractivity contribution < 1.29 is 17.9 Å². The molecule has 4 rings (SSSR count). The summed E-state index contributed by atoms with van der Waals surface area (Å²) in [6.07, 6.45) is 0.734. The maximum Gasteiger partial charge on any atom is 0.242 e. The fourth-order valence-corrected chi connectivity index (χ4v) is 4.93. The Hall–Kier alpha value is -3.43. The summed E-state index contributed by atoms with van der Waals surface area (Å²) in [5, 5.41) is 5.15. The first-order valence-electron chi connectivity index (χ1n) is 11.6. The number of aromatic nitrogens is 2. The van der Waals surface area contributed by atoms with Crippen LogP contribution in [0.5, 0.6) is 5.75 Å². The number of sulfonamides is 1. The van der Waals surface area contributed by atoms with E-state index in [1.54, 1.807) is 18.2 Å². The lowest BCUT2D eigenvalue weighted by atomic mass is 10.1. The van der Waals surface area contributed by atoms with Gasteiger partial charge in [-0.15, -0.1) is 0 Å². The number of imidazole rings is 1. The summed E-state index contributed by atoms with van der Waals surface area (Å²) in [4.78, 5) is 17.2. The summed E-state index contributed by atoms with van der Waals surface area (Å²) in [7, 11) is -0.538. The SMILES string of the molecule is CCn1c(CCC(=O)NCCOc2ccc3ccccc3c2)nc2cc(S(=O)(=O)N(C)C)ccc21. The molecule has 8 nitrogen and oxygen atoms in total. The normalized spacial score (nSPS) is 11.9. The molecular formula is C26H30N4O4S. The summed E-state index contributed by atoms with van der Waals surface area (Å²) >= 11 is 0. The minimum Gasteiger partial charge on any atom is -0.492 e. The number of carbonyl (C=O) groups is 1. The minimum absolute atomic E-state index is 0.0855. The minimum atomic E-state index is -3.54. The second-order valence-corrected chi connectivity index (χ2v) is 10.6. The largest absolute Gasteiger partial charge is 0.492 e. The molecule has 1 heterocycles. The van der Waals surface area contributed by atoms with Crippen molar-refractivity contribution in [2.75, 3.05) is 27.2 Å². The molecule has 0 saturated carbocycles. The van der Waals surface area contributed by atoms with Gasteiger partial charge < -0.3 is 14.6 Å². The highest BCUT2D eigenvalue weighted by molar-refractivity contribution is 7.89. The second kappa shape index (κ2) is 10.5. The van der Waals surface area contributed by atoms with Gasteiger partial charge in [-0.25, -0.2) is 17.7 Å². The lowest BCUT2D eigenvalue weighted by Crippen LogP contribution is -2.28. The number of nitrogens with zero attached hydrogens (tertiary/aromatic N) is 3. The number of ether oxygens (including phenoxy) is 1. The van der Waals surface area contributed by atoms with Crippen LogP contribution >= 0.6 is 0 Å². The predicted molar refractivity (Wildman–Crippen MR) is 137 cm³/mol. The van der Waals surface area contributed by atoms with Crippen molar-refractivity contribution in [1.82, 2.24) is 19.2 Å². The molecule has 1 amide bonds. The van der Waals surface area contributed by atoms with Gasteiger partial charge in [0.15, 0.2) is 0 Å². The van der Waals surface area contributed by atoms with E-state index in [0.717, 1.165) is 27.9 Å². The number of hydrogen-bond acceptors (Lipinski definition) is 5. The van der Waals surface area contributed by atoms with Gasteiger partial charge in [0.2, 0.25) is 15.9 Å². The van der Waals surface area contributed by atoms with Gasteiger partial charge in [-0.3, -0.25) is 4.79 Å². The monoisotopic (exact) mass is 494 g/mol.